The molecule has 0 saturated carbocycles. The van der Waals surface area contributed by atoms with Gasteiger partial charge in [0.15, 0.2) is 11.4 Å². The van der Waals surface area contributed by atoms with Gasteiger partial charge < -0.3 is 9.40 Å². The van der Waals surface area contributed by atoms with Gasteiger partial charge in [-0.15, -0.1) is 0 Å². The molecule has 25 heavy (non-hydrogen) atoms. The molecule has 0 bridgehead atoms. The lowest BCUT2D eigenvalue weighted by atomic mass is 10.0. The average Bonchev–Trinajstić information content (AvgIpc) is 3.18. The van der Waals surface area contributed by atoms with E-state index in [0.29, 0.717) is 6.54 Å². The summed E-state index contributed by atoms with van der Waals surface area (Å²) in [5.74, 6) is 0.889. The van der Waals surface area contributed by atoms with E-state index in [9.17, 15) is 4.79 Å². The summed E-state index contributed by atoms with van der Waals surface area (Å²) >= 11 is 0. The summed E-state index contributed by atoms with van der Waals surface area (Å²) in [6.45, 7) is 5.24. The number of H-pyrrole nitrogens is 1. The van der Waals surface area contributed by atoms with Crippen LogP contribution in [0.5, 0.6) is 0 Å². The van der Waals surface area contributed by atoms with Gasteiger partial charge in [-0.2, -0.15) is 0 Å². The Balaban J connectivity index is 1.58. The molecule has 1 atom stereocenters. The molecule has 1 aliphatic rings. The predicted molar refractivity (Wildman–Crippen MR) is 96.8 cm³/mol. The van der Waals surface area contributed by atoms with Crippen molar-refractivity contribution in [3.8, 4) is 0 Å². The number of ketones is 1. The number of likely N-dealkylation sites (tertiary alicyclic amines) is 1. The van der Waals surface area contributed by atoms with E-state index in [1.165, 1.54) is 0 Å². The van der Waals surface area contributed by atoms with Gasteiger partial charge in [-0.05, 0) is 51.4 Å². The molecule has 0 radical (unpaired) electrons. The fourth-order valence-corrected chi connectivity index (χ4v) is 3.78. The number of nitrogens with one attached hydrogen (secondary N) is 1. The van der Waals surface area contributed by atoms with Crippen molar-refractivity contribution in [2.24, 2.45) is 0 Å². The van der Waals surface area contributed by atoms with Crippen molar-refractivity contribution in [1.29, 1.82) is 0 Å². The molecule has 3 aromatic rings. The van der Waals surface area contributed by atoms with E-state index < -0.39 is 0 Å². The molecule has 1 aromatic carbocycles. The summed E-state index contributed by atoms with van der Waals surface area (Å²) < 4.78 is 5.98. The number of Topliss-reactive ketones (excluding diaryl/α,β-unsaturated/α-hetero) is 1. The summed E-state index contributed by atoms with van der Waals surface area (Å²) in [5.41, 5.74) is 4.45. The van der Waals surface area contributed by atoms with Crippen molar-refractivity contribution in [3.63, 3.8) is 0 Å². The third-order valence-electron chi connectivity index (χ3n) is 5.01. The molecule has 5 nitrogen and oxygen atoms in total. The van der Waals surface area contributed by atoms with E-state index >= 15 is 0 Å². The number of rotatable bonds is 4. The lowest BCUT2D eigenvalue weighted by Gasteiger charge is -2.33. The number of hydrogen-bond donors (Lipinski definition) is 1. The third-order valence-corrected chi connectivity index (χ3v) is 5.01. The minimum atomic E-state index is 0.0745. The Morgan fingerprint density at radius 1 is 1.32 bits per heavy atom. The molecule has 4 rings (SSSR count). The number of para-hydroxylation sites is 2. The molecule has 1 aliphatic heterocycles. The van der Waals surface area contributed by atoms with Gasteiger partial charge in [-0.1, -0.05) is 18.6 Å². The summed E-state index contributed by atoms with van der Waals surface area (Å²) in [5, 5.41) is 0. The highest BCUT2D eigenvalue weighted by Gasteiger charge is 2.30. The second-order valence-corrected chi connectivity index (χ2v) is 6.92. The van der Waals surface area contributed by atoms with Crippen LogP contribution in [-0.2, 0) is 0 Å². The van der Waals surface area contributed by atoms with Gasteiger partial charge in [0.1, 0.15) is 5.52 Å². The lowest BCUT2D eigenvalue weighted by Crippen LogP contribution is -2.37. The van der Waals surface area contributed by atoms with Crippen LogP contribution in [0.25, 0.3) is 11.1 Å². The Morgan fingerprint density at radius 3 is 2.92 bits per heavy atom. The number of aromatic nitrogens is 2. The first-order valence-corrected chi connectivity index (χ1v) is 8.91. The molecule has 1 fully saturated rings. The number of fused-ring (bicyclic) bond motifs is 1. The monoisotopic (exact) mass is 337 g/mol. The largest absolute Gasteiger partial charge is 0.439 e. The SMILES string of the molecule is Cc1cc(C(=O)CN2CCCCC2c2nc3ccccc3o2)c(C)[nH]1. The summed E-state index contributed by atoms with van der Waals surface area (Å²) in [7, 11) is 0. The number of aryl methyl sites for hydroxylation is 2. The van der Waals surface area contributed by atoms with Crippen molar-refractivity contribution in [1.82, 2.24) is 14.9 Å². The number of hydrogen-bond acceptors (Lipinski definition) is 4. The summed E-state index contributed by atoms with van der Waals surface area (Å²) in [6.07, 6.45) is 3.22. The smallest absolute Gasteiger partial charge is 0.212 e. The number of piperidine rings is 1. The highest BCUT2D eigenvalue weighted by atomic mass is 16.3. The molecule has 130 valence electrons. The zero-order chi connectivity index (χ0) is 17.4. The van der Waals surface area contributed by atoms with Crippen LogP contribution in [0.1, 0.15) is 52.9 Å². The zero-order valence-corrected chi connectivity index (χ0v) is 14.7. The number of carbonyl (C=O) groups excluding carboxylic acids is 1. The number of aromatic amines is 1. The maximum atomic E-state index is 12.8. The molecule has 1 saturated heterocycles. The zero-order valence-electron chi connectivity index (χ0n) is 14.7. The van der Waals surface area contributed by atoms with Crippen LogP contribution in [0.2, 0.25) is 0 Å². The average molecular weight is 337 g/mol. The maximum absolute atomic E-state index is 12.8. The van der Waals surface area contributed by atoms with E-state index in [2.05, 4.69) is 14.9 Å². The third kappa shape index (κ3) is 3.12. The number of nitrogens with zero attached hydrogens (tertiary/aromatic N) is 2. The Bertz CT molecular complexity index is 876. The normalized spacial score (nSPS) is 18.7. The predicted octanol–water partition coefficient (Wildman–Crippen LogP) is 4.18. The van der Waals surface area contributed by atoms with Gasteiger partial charge in [0, 0.05) is 17.0 Å². The van der Waals surface area contributed by atoms with Gasteiger partial charge >= 0.3 is 0 Å². The summed E-state index contributed by atoms with van der Waals surface area (Å²) in [4.78, 5) is 22.9. The first-order valence-electron chi connectivity index (χ1n) is 8.91. The molecule has 5 heteroatoms. The highest BCUT2D eigenvalue weighted by Crippen LogP contribution is 2.32. The first kappa shape index (κ1) is 16.1. The van der Waals surface area contributed by atoms with Crippen LogP contribution in [-0.4, -0.2) is 33.7 Å². The second kappa shape index (κ2) is 6.48. The molecular formula is C20H23N3O2. The van der Waals surface area contributed by atoms with Gasteiger partial charge in [0.05, 0.1) is 12.6 Å². The van der Waals surface area contributed by atoms with Crippen LogP contribution in [0, 0.1) is 13.8 Å². The van der Waals surface area contributed by atoms with Crippen LogP contribution in [0.15, 0.2) is 34.7 Å². The Hall–Kier alpha value is -2.40. The van der Waals surface area contributed by atoms with Crippen LogP contribution in [0.4, 0.5) is 0 Å². The Labute approximate surface area is 147 Å². The molecule has 3 heterocycles. The number of oxazole rings is 1. The van der Waals surface area contributed by atoms with E-state index in [-0.39, 0.29) is 11.8 Å². The van der Waals surface area contributed by atoms with Crippen LogP contribution < -0.4 is 0 Å². The van der Waals surface area contributed by atoms with Crippen LogP contribution >= 0.6 is 0 Å². The van der Waals surface area contributed by atoms with Gasteiger partial charge in [-0.3, -0.25) is 9.69 Å². The van der Waals surface area contributed by atoms with Crippen molar-refractivity contribution in [2.75, 3.05) is 13.1 Å². The standard InChI is InChI=1S/C20H23N3O2/c1-13-11-15(14(2)21-13)18(24)12-23-10-6-5-8-17(23)20-22-16-7-3-4-9-19(16)25-20/h3-4,7,9,11,17,21H,5-6,8,10,12H2,1-2H3. The molecule has 1 N–H and O–H groups in total. The summed E-state index contributed by atoms with van der Waals surface area (Å²) in [6, 6.07) is 9.84. The quantitative estimate of drug-likeness (QED) is 0.725. The minimum Gasteiger partial charge on any atom is -0.439 e. The second-order valence-electron chi connectivity index (χ2n) is 6.92. The van der Waals surface area contributed by atoms with Crippen molar-refractivity contribution in [2.45, 2.75) is 39.2 Å². The molecular weight excluding hydrogens is 314 g/mol. The molecule has 1 unspecified atom stereocenters. The topological polar surface area (TPSA) is 62.1 Å². The number of carbonyl (C=O) groups is 1. The lowest BCUT2D eigenvalue weighted by molar-refractivity contribution is 0.0808. The van der Waals surface area contributed by atoms with Gasteiger partial charge in [0.25, 0.3) is 0 Å². The van der Waals surface area contributed by atoms with Crippen LogP contribution in [0.3, 0.4) is 0 Å². The Kier molecular flexibility index (Phi) is 4.17. The number of benzene rings is 1. The van der Waals surface area contributed by atoms with E-state index in [4.69, 9.17) is 4.42 Å². The van der Waals surface area contributed by atoms with E-state index in [0.717, 1.165) is 59.7 Å². The fourth-order valence-electron chi connectivity index (χ4n) is 3.78. The molecule has 2 aromatic heterocycles. The molecule has 0 aliphatic carbocycles. The molecule has 0 spiro atoms. The Morgan fingerprint density at radius 2 is 2.16 bits per heavy atom. The highest BCUT2D eigenvalue weighted by molar-refractivity contribution is 5.98. The first-order chi connectivity index (χ1) is 12.1. The molecule has 0 amide bonds. The van der Waals surface area contributed by atoms with Gasteiger partial charge in [-0.25, -0.2) is 4.98 Å². The van der Waals surface area contributed by atoms with E-state index in [1.807, 2.05) is 44.2 Å². The minimum absolute atomic E-state index is 0.0745. The van der Waals surface area contributed by atoms with Crippen molar-refractivity contribution >= 4 is 16.9 Å². The van der Waals surface area contributed by atoms with Crippen molar-refractivity contribution < 1.29 is 9.21 Å². The fraction of sp³-hybridized carbons (Fsp3) is 0.400. The maximum Gasteiger partial charge on any atom is 0.212 e. The van der Waals surface area contributed by atoms with Crippen molar-refractivity contribution in [3.05, 3.63) is 53.2 Å². The van der Waals surface area contributed by atoms with E-state index in [1.54, 1.807) is 0 Å². The van der Waals surface area contributed by atoms with Gasteiger partial charge in [0.2, 0.25) is 5.89 Å².